The summed E-state index contributed by atoms with van der Waals surface area (Å²) in [4.78, 5) is 24.6. The molecule has 8 heteroatoms. The minimum Gasteiger partial charge on any atom is -0.465 e. The highest BCUT2D eigenvalue weighted by Gasteiger charge is 2.36. The fourth-order valence-electron chi connectivity index (χ4n) is 2.65. The number of pyridine rings is 1. The molecular formula is C13H18FN3O4. The van der Waals surface area contributed by atoms with Crippen molar-refractivity contribution < 1.29 is 19.4 Å². The van der Waals surface area contributed by atoms with Crippen LogP contribution in [0.25, 0.3) is 0 Å². The Labute approximate surface area is 120 Å². The van der Waals surface area contributed by atoms with Gasteiger partial charge in [-0.25, -0.2) is 9.18 Å². The summed E-state index contributed by atoms with van der Waals surface area (Å²) in [5.74, 6) is -0.537. The van der Waals surface area contributed by atoms with Crippen LogP contribution in [-0.2, 0) is 0 Å². The Morgan fingerprint density at radius 1 is 1.48 bits per heavy atom. The average Bonchev–Trinajstić information content (AvgIpc) is 2.44. The van der Waals surface area contributed by atoms with E-state index in [1.807, 2.05) is 0 Å². The van der Waals surface area contributed by atoms with Crippen LogP contribution < -0.4 is 16.2 Å². The zero-order chi connectivity index (χ0) is 15.5. The summed E-state index contributed by atoms with van der Waals surface area (Å²) in [6, 6.07) is 1.06. The largest absolute Gasteiger partial charge is 0.465 e. The molecule has 2 rings (SSSR count). The second-order valence-electron chi connectivity index (χ2n) is 5.35. The summed E-state index contributed by atoms with van der Waals surface area (Å²) in [6.45, 7) is -0.271. The van der Waals surface area contributed by atoms with Gasteiger partial charge in [0.05, 0.1) is 12.1 Å². The number of nitrogens with one attached hydrogen (secondary N) is 3. The molecular weight excluding hydrogens is 281 g/mol. The maximum atomic E-state index is 13.1. The van der Waals surface area contributed by atoms with Crippen LogP contribution in [0.2, 0.25) is 0 Å². The van der Waals surface area contributed by atoms with Gasteiger partial charge in [-0.1, -0.05) is 0 Å². The molecule has 1 aromatic rings. The minimum absolute atomic E-state index is 0.0665. The van der Waals surface area contributed by atoms with Gasteiger partial charge in [-0.15, -0.1) is 0 Å². The van der Waals surface area contributed by atoms with Crippen molar-refractivity contribution >= 4 is 11.8 Å². The fourth-order valence-corrected chi connectivity index (χ4v) is 2.65. The number of hydrogen-bond donors (Lipinski definition) is 5. The van der Waals surface area contributed by atoms with E-state index in [0.717, 1.165) is 12.3 Å². The molecule has 0 aromatic carbocycles. The van der Waals surface area contributed by atoms with E-state index < -0.39 is 23.0 Å². The fraction of sp³-hybridized carbons (Fsp3) is 0.538. The van der Waals surface area contributed by atoms with Gasteiger partial charge in [-0.3, -0.25) is 4.79 Å². The van der Waals surface area contributed by atoms with Crippen molar-refractivity contribution in [2.45, 2.75) is 37.3 Å². The maximum Gasteiger partial charge on any atom is 0.405 e. The first-order valence-electron chi connectivity index (χ1n) is 6.71. The van der Waals surface area contributed by atoms with E-state index in [0.29, 0.717) is 25.7 Å². The molecule has 1 saturated carbocycles. The van der Waals surface area contributed by atoms with Gasteiger partial charge in [-0.2, -0.15) is 0 Å². The predicted octanol–water partition coefficient (Wildman–Crippen LogP) is 0.867. The number of rotatable bonds is 4. The molecule has 0 spiro atoms. The molecule has 1 aliphatic carbocycles. The van der Waals surface area contributed by atoms with Crippen molar-refractivity contribution in [2.24, 2.45) is 0 Å². The summed E-state index contributed by atoms with van der Waals surface area (Å²) >= 11 is 0. The summed E-state index contributed by atoms with van der Waals surface area (Å²) < 4.78 is 13.1. The number of anilines is 1. The van der Waals surface area contributed by atoms with E-state index in [9.17, 15) is 19.1 Å². The zero-order valence-corrected chi connectivity index (χ0v) is 11.4. The van der Waals surface area contributed by atoms with Crippen molar-refractivity contribution in [1.29, 1.82) is 0 Å². The topological polar surface area (TPSA) is 114 Å². The van der Waals surface area contributed by atoms with E-state index in [1.165, 1.54) is 0 Å². The molecule has 5 N–H and O–H groups in total. The summed E-state index contributed by atoms with van der Waals surface area (Å²) in [5, 5.41) is 23.5. The van der Waals surface area contributed by atoms with Crippen LogP contribution in [0.3, 0.4) is 0 Å². The number of aliphatic hydroxyl groups excluding tert-OH is 1. The number of aromatic nitrogens is 1. The van der Waals surface area contributed by atoms with E-state index >= 15 is 0 Å². The van der Waals surface area contributed by atoms with Crippen molar-refractivity contribution in [2.75, 3.05) is 11.9 Å². The highest BCUT2D eigenvalue weighted by molar-refractivity contribution is 5.65. The van der Waals surface area contributed by atoms with Crippen LogP contribution in [0.15, 0.2) is 17.1 Å². The van der Waals surface area contributed by atoms with E-state index in [1.54, 1.807) is 0 Å². The number of amides is 1. The lowest BCUT2D eigenvalue weighted by atomic mass is 9.80. The Hall–Kier alpha value is -2.09. The molecule has 0 bridgehead atoms. The number of carbonyl (C=O) groups is 1. The van der Waals surface area contributed by atoms with Gasteiger partial charge in [0.25, 0.3) is 5.56 Å². The quantitative estimate of drug-likeness (QED) is 0.566. The van der Waals surface area contributed by atoms with Gasteiger partial charge in [0.15, 0.2) is 0 Å². The molecule has 0 radical (unpaired) electrons. The summed E-state index contributed by atoms with van der Waals surface area (Å²) in [5.41, 5.74) is -1.08. The smallest absolute Gasteiger partial charge is 0.405 e. The van der Waals surface area contributed by atoms with Gasteiger partial charge in [-0.05, 0) is 25.7 Å². The van der Waals surface area contributed by atoms with Crippen molar-refractivity contribution in [3.8, 4) is 0 Å². The first kappa shape index (κ1) is 15.3. The summed E-state index contributed by atoms with van der Waals surface area (Å²) in [6.07, 6.45) is 1.84. The minimum atomic E-state index is -1.17. The molecule has 21 heavy (non-hydrogen) atoms. The second kappa shape index (κ2) is 6.13. The highest BCUT2D eigenvalue weighted by Crippen LogP contribution is 2.29. The SMILES string of the molecule is O=C(O)NC1(CO)CCC(Nc2cc(F)c[nH]c2=O)CC1. The first-order chi connectivity index (χ1) is 9.94. The Bertz CT molecular complexity index is 567. The Morgan fingerprint density at radius 2 is 2.14 bits per heavy atom. The van der Waals surface area contributed by atoms with E-state index in [2.05, 4.69) is 15.6 Å². The van der Waals surface area contributed by atoms with Crippen molar-refractivity contribution in [1.82, 2.24) is 10.3 Å². The Balaban J connectivity index is 1.99. The molecule has 1 heterocycles. The Kier molecular flexibility index (Phi) is 4.46. The Morgan fingerprint density at radius 3 is 2.71 bits per heavy atom. The molecule has 0 unspecified atom stereocenters. The second-order valence-corrected chi connectivity index (χ2v) is 5.35. The van der Waals surface area contributed by atoms with E-state index in [4.69, 9.17) is 5.11 Å². The lowest BCUT2D eigenvalue weighted by Crippen LogP contribution is -2.54. The van der Waals surface area contributed by atoms with Crippen molar-refractivity contribution in [3.05, 3.63) is 28.4 Å². The number of carboxylic acid groups (broad SMARTS) is 1. The lowest BCUT2D eigenvalue weighted by molar-refractivity contribution is 0.107. The monoisotopic (exact) mass is 299 g/mol. The van der Waals surface area contributed by atoms with Crippen molar-refractivity contribution in [3.63, 3.8) is 0 Å². The number of hydrogen-bond acceptors (Lipinski definition) is 4. The number of halogens is 1. The van der Waals surface area contributed by atoms with Crippen LogP contribution in [0.5, 0.6) is 0 Å². The van der Waals surface area contributed by atoms with Crippen LogP contribution in [-0.4, -0.2) is 39.5 Å². The summed E-state index contributed by atoms with van der Waals surface area (Å²) in [7, 11) is 0. The molecule has 0 aliphatic heterocycles. The number of H-pyrrole nitrogens is 1. The third-order valence-corrected chi connectivity index (χ3v) is 3.85. The molecule has 0 saturated heterocycles. The van der Waals surface area contributed by atoms with Crippen LogP contribution in [0.1, 0.15) is 25.7 Å². The molecule has 116 valence electrons. The third kappa shape index (κ3) is 3.72. The third-order valence-electron chi connectivity index (χ3n) is 3.85. The molecule has 7 nitrogen and oxygen atoms in total. The zero-order valence-electron chi connectivity index (χ0n) is 11.4. The van der Waals surface area contributed by atoms with Gasteiger partial charge < -0.3 is 25.8 Å². The number of aliphatic hydroxyl groups is 1. The number of aromatic amines is 1. The normalized spacial score (nSPS) is 25.3. The molecule has 1 aliphatic rings. The molecule has 1 fully saturated rings. The predicted molar refractivity (Wildman–Crippen MR) is 73.9 cm³/mol. The molecule has 1 amide bonds. The molecule has 0 atom stereocenters. The van der Waals surface area contributed by atoms with Gasteiger partial charge in [0.1, 0.15) is 11.5 Å². The lowest BCUT2D eigenvalue weighted by Gasteiger charge is -2.39. The average molecular weight is 299 g/mol. The standard InChI is InChI=1S/C13H18FN3O4/c14-8-5-10(11(19)15-6-8)16-9-1-3-13(7-18,4-2-9)17-12(20)21/h5-6,9,16-18H,1-4,7H2,(H,15,19)(H,20,21). The van der Waals surface area contributed by atoms with Gasteiger partial charge >= 0.3 is 6.09 Å². The van der Waals surface area contributed by atoms with Crippen LogP contribution in [0.4, 0.5) is 14.9 Å². The van der Waals surface area contributed by atoms with Gasteiger partial charge in [0.2, 0.25) is 0 Å². The maximum absolute atomic E-state index is 13.1. The van der Waals surface area contributed by atoms with E-state index in [-0.39, 0.29) is 18.3 Å². The highest BCUT2D eigenvalue weighted by atomic mass is 19.1. The van der Waals surface area contributed by atoms with Crippen LogP contribution >= 0.6 is 0 Å². The van der Waals surface area contributed by atoms with Crippen LogP contribution in [0, 0.1) is 5.82 Å². The van der Waals surface area contributed by atoms with Gasteiger partial charge in [0, 0.05) is 18.3 Å². The molecule has 1 aromatic heterocycles. The first-order valence-corrected chi connectivity index (χ1v) is 6.71.